The summed E-state index contributed by atoms with van der Waals surface area (Å²) in [6.07, 6.45) is 0.707. The van der Waals surface area contributed by atoms with Crippen LogP contribution in [0.25, 0.3) is 0 Å². The van der Waals surface area contributed by atoms with E-state index in [1.54, 1.807) is 44.2 Å². The summed E-state index contributed by atoms with van der Waals surface area (Å²) < 4.78 is 16.6. The van der Waals surface area contributed by atoms with Crippen LogP contribution in [-0.4, -0.2) is 49.4 Å². The molecule has 0 saturated carbocycles. The van der Waals surface area contributed by atoms with Crippen molar-refractivity contribution in [1.82, 2.24) is 10.7 Å². The van der Waals surface area contributed by atoms with Gasteiger partial charge >= 0.3 is 5.97 Å². The largest absolute Gasteiger partial charge is 0.481 e. The van der Waals surface area contributed by atoms with Crippen molar-refractivity contribution >= 4 is 63.1 Å². The number of benzene rings is 3. The number of hydrogen-bond acceptors (Lipinski definition) is 7. The Labute approximate surface area is 256 Å². The van der Waals surface area contributed by atoms with Crippen molar-refractivity contribution in [1.29, 1.82) is 0 Å². The van der Waals surface area contributed by atoms with Gasteiger partial charge in [0.1, 0.15) is 17.5 Å². The number of rotatable bonds is 13. The average Bonchev–Trinajstić information content (AvgIpc) is 2.94. The third-order valence-electron chi connectivity index (χ3n) is 5.48. The van der Waals surface area contributed by atoms with Gasteiger partial charge in [0.25, 0.3) is 11.8 Å². The Bertz CT molecular complexity index is 1390. The lowest BCUT2D eigenvalue weighted by atomic mass is 10.1. The van der Waals surface area contributed by atoms with Crippen molar-refractivity contribution in [2.45, 2.75) is 32.4 Å². The Morgan fingerprint density at radius 1 is 1.00 bits per heavy atom. The highest BCUT2D eigenvalue weighted by molar-refractivity contribution is 9.10. The van der Waals surface area contributed by atoms with E-state index in [0.29, 0.717) is 20.8 Å². The van der Waals surface area contributed by atoms with Crippen LogP contribution in [0.1, 0.15) is 25.0 Å². The molecule has 12 heteroatoms. The molecule has 0 fully saturated rings. The third kappa shape index (κ3) is 10.4. The van der Waals surface area contributed by atoms with Gasteiger partial charge in [0.15, 0.2) is 12.7 Å². The second-order valence-electron chi connectivity index (χ2n) is 8.60. The van der Waals surface area contributed by atoms with Gasteiger partial charge in [-0.2, -0.15) is 5.10 Å². The standard InChI is InChI=1S/C29H28BrCl2N3O6/c1-3-39-27(36)17-40-25-11-9-20(13-22(25)30)16-33-35-29(38)24(14-19-7-5-4-6-8-19)34-28(37)18(2)41-26-12-10-21(31)15-23(26)32/h4-13,15-16,18,24H,3,14,17H2,1-2H3,(H,34,37)(H,35,38)/b33-16-/t18-,24+/m0/s1. The molecule has 9 nitrogen and oxygen atoms in total. The van der Waals surface area contributed by atoms with Gasteiger partial charge in [-0.15, -0.1) is 0 Å². The van der Waals surface area contributed by atoms with E-state index in [1.165, 1.54) is 12.3 Å². The molecule has 3 rings (SSSR count). The molecule has 0 aromatic heterocycles. The fourth-order valence-electron chi connectivity index (χ4n) is 3.47. The minimum absolute atomic E-state index is 0.221. The summed E-state index contributed by atoms with van der Waals surface area (Å²) in [5, 5.41) is 7.47. The van der Waals surface area contributed by atoms with Crippen molar-refractivity contribution in [2.75, 3.05) is 13.2 Å². The van der Waals surface area contributed by atoms with Gasteiger partial charge in [-0.05, 0) is 77.3 Å². The number of esters is 1. The van der Waals surface area contributed by atoms with Gasteiger partial charge in [-0.25, -0.2) is 10.2 Å². The van der Waals surface area contributed by atoms with Crippen LogP contribution in [0.4, 0.5) is 0 Å². The predicted molar refractivity (Wildman–Crippen MR) is 161 cm³/mol. The van der Waals surface area contributed by atoms with E-state index in [1.807, 2.05) is 30.3 Å². The highest BCUT2D eigenvalue weighted by Gasteiger charge is 2.25. The fourth-order valence-corrected chi connectivity index (χ4v) is 4.43. The van der Waals surface area contributed by atoms with Crippen LogP contribution in [-0.2, 0) is 25.5 Å². The Hall–Kier alpha value is -3.60. The minimum Gasteiger partial charge on any atom is -0.481 e. The molecule has 3 aromatic rings. The molecule has 0 unspecified atom stereocenters. The first kappa shape index (κ1) is 31.9. The van der Waals surface area contributed by atoms with Gasteiger partial charge < -0.3 is 19.5 Å². The topological polar surface area (TPSA) is 115 Å². The highest BCUT2D eigenvalue weighted by atomic mass is 79.9. The first-order chi connectivity index (χ1) is 19.7. The van der Waals surface area contributed by atoms with Crippen LogP contribution < -0.4 is 20.2 Å². The minimum atomic E-state index is -0.954. The normalized spacial score (nSPS) is 12.3. The Balaban J connectivity index is 1.64. The monoisotopic (exact) mass is 663 g/mol. The number of amides is 2. The second kappa shape index (κ2) is 16.0. The third-order valence-corrected chi connectivity index (χ3v) is 6.63. The Morgan fingerprint density at radius 2 is 1.73 bits per heavy atom. The molecule has 2 N–H and O–H groups in total. The summed E-state index contributed by atoms with van der Waals surface area (Å²) in [7, 11) is 0. The van der Waals surface area contributed by atoms with Crippen LogP contribution >= 0.6 is 39.1 Å². The maximum atomic E-state index is 13.1. The average molecular weight is 665 g/mol. The smallest absolute Gasteiger partial charge is 0.344 e. The number of hydrazone groups is 1. The molecule has 0 aliphatic heterocycles. The molecule has 0 aliphatic rings. The summed E-state index contributed by atoms with van der Waals surface area (Å²) in [6.45, 7) is 3.31. The summed E-state index contributed by atoms with van der Waals surface area (Å²) in [4.78, 5) is 37.6. The van der Waals surface area contributed by atoms with Gasteiger partial charge in [0, 0.05) is 11.4 Å². The van der Waals surface area contributed by atoms with Gasteiger partial charge in [0.05, 0.1) is 22.3 Å². The highest BCUT2D eigenvalue weighted by Crippen LogP contribution is 2.28. The molecular weight excluding hydrogens is 637 g/mol. The maximum absolute atomic E-state index is 13.1. The molecule has 0 bridgehead atoms. The van der Waals surface area contributed by atoms with Crippen LogP contribution in [0.2, 0.25) is 10.0 Å². The van der Waals surface area contributed by atoms with Crippen LogP contribution in [0.5, 0.6) is 11.5 Å². The molecule has 2 atom stereocenters. The molecule has 0 saturated heterocycles. The zero-order valence-electron chi connectivity index (χ0n) is 22.2. The lowest BCUT2D eigenvalue weighted by Crippen LogP contribution is -2.50. The van der Waals surface area contributed by atoms with Crippen molar-refractivity contribution in [3.05, 3.63) is 92.4 Å². The Morgan fingerprint density at radius 3 is 2.41 bits per heavy atom. The van der Waals surface area contributed by atoms with Gasteiger partial charge in [-0.3, -0.25) is 9.59 Å². The molecule has 41 heavy (non-hydrogen) atoms. The molecule has 2 amide bonds. The molecule has 0 aliphatic carbocycles. The van der Waals surface area contributed by atoms with E-state index in [0.717, 1.165) is 5.56 Å². The Kier molecular flexibility index (Phi) is 12.5. The van der Waals surface area contributed by atoms with E-state index >= 15 is 0 Å². The van der Waals surface area contributed by atoms with Crippen molar-refractivity contribution < 1.29 is 28.6 Å². The lowest BCUT2D eigenvalue weighted by molar-refractivity contribution is -0.145. The lowest BCUT2D eigenvalue weighted by Gasteiger charge is -2.21. The molecular formula is C29H28BrCl2N3O6. The predicted octanol–water partition coefficient (Wildman–Crippen LogP) is 5.34. The van der Waals surface area contributed by atoms with Crippen molar-refractivity contribution in [3.63, 3.8) is 0 Å². The number of nitrogens with one attached hydrogen (secondary N) is 2. The summed E-state index contributed by atoms with van der Waals surface area (Å²) in [5.74, 6) is -0.779. The van der Waals surface area contributed by atoms with Crippen molar-refractivity contribution in [2.24, 2.45) is 5.10 Å². The molecule has 216 valence electrons. The van der Waals surface area contributed by atoms with Gasteiger partial charge in [-0.1, -0.05) is 53.5 Å². The molecule has 0 heterocycles. The van der Waals surface area contributed by atoms with E-state index in [4.69, 9.17) is 37.4 Å². The van der Waals surface area contributed by atoms with E-state index in [-0.39, 0.29) is 30.4 Å². The van der Waals surface area contributed by atoms with E-state index in [2.05, 4.69) is 31.8 Å². The maximum Gasteiger partial charge on any atom is 0.344 e. The zero-order chi connectivity index (χ0) is 29.8. The quantitative estimate of drug-likeness (QED) is 0.145. The summed E-state index contributed by atoms with van der Waals surface area (Å²) >= 11 is 15.5. The first-order valence-corrected chi connectivity index (χ1v) is 14.1. The number of ether oxygens (including phenoxy) is 3. The van der Waals surface area contributed by atoms with Crippen LogP contribution in [0, 0.1) is 0 Å². The van der Waals surface area contributed by atoms with E-state index < -0.39 is 29.9 Å². The molecule has 0 radical (unpaired) electrons. The molecule has 3 aromatic carbocycles. The second-order valence-corrected chi connectivity index (χ2v) is 10.3. The number of hydrogen-bond donors (Lipinski definition) is 2. The van der Waals surface area contributed by atoms with Crippen LogP contribution in [0.3, 0.4) is 0 Å². The van der Waals surface area contributed by atoms with Crippen molar-refractivity contribution in [3.8, 4) is 11.5 Å². The van der Waals surface area contributed by atoms with Crippen LogP contribution in [0.15, 0.2) is 76.3 Å². The number of carbonyl (C=O) groups excluding carboxylic acids is 3. The fraction of sp³-hybridized carbons (Fsp3) is 0.241. The first-order valence-electron chi connectivity index (χ1n) is 12.5. The van der Waals surface area contributed by atoms with E-state index in [9.17, 15) is 14.4 Å². The van der Waals surface area contributed by atoms with Gasteiger partial charge in [0.2, 0.25) is 0 Å². The number of halogens is 3. The number of nitrogens with zero attached hydrogens (tertiary/aromatic N) is 1. The summed E-state index contributed by atoms with van der Waals surface area (Å²) in [5.41, 5.74) is 3.97. The molecule has 0 spiro atoms. The zero-order valence-corrected chi connectivity index (χ0v) is 25.3. The summed E-state index contributed by atoms with van der Waals surface area (Å²) in [6, 6.07) is 18.0. The number of carbonyl (C=O) groups is 3. The SMILES string of the molecule is CCOC(=O)COc1ccc(/C=N\NC(=O)[C@@H](Cc2ccccc2)NC(=O)[C@H](C)Oc2ccc(Cl)cc2Cl)cc1Br.